The molecule has 1 aromatic rings. The van der Waals surface area contributed by atoms with Crippen molar-refractivity contribution in [2.45, 2.75) is 31.3 Å². The molecule has 1 amide bonds. The smallest absolute Gasteiger partial charge is 0.273 e. The number of rotatable bonds is 3. The largest absolute Gasteiger partial charge is 0.388 e. The average molecular weight is 288 g/mol. The number of likely N-dealkylation sites (N-methyl/N-ethyl adjacent to an activating group) is 1. The molecule has 0 aromatic carbocycles. The Hall–Kier alpha value is -1.90. The van der Waals surface area contributed by atoms with Crippen molar-refractivity contribution in [3.63, 3.8) is 0 Å². The molecule has 1 aliphatic carbocycles. The monoisotopic (exact) mass is 288 g/mol. The van der Waals surface area contributed by atoms with Gasteiger partial charge in [0.15, 0.2) is 0 Å². The second-order valence-electron chi connectivity index (χ2n) is 5.45. The number of nitrogens with zero attached hydrogens (tertiary/aromatic N) is 2. The van der Waals surface area contributed by atoms with Crippen LogP contribution in [0.3, 0.4) is 0 Å². The fourth-order valence-corrected chi connectivity index (χ4v) is 2.70. The number of carbonyl (C=O) groups is 1. The lowest BCUT2D eigenvalue weighted by Gasteiger charge is -2.28. The van der Waals surface area contributed by atoms with Crippen LogP contribution in [0.5, 0.6) is 0 Å². The minimum atomic E-state index is -0.782. The van der Waals surface area contributed by atoms with Crippen molar-refractivity contribution >= 4 is 5.91 Å². The molecule has 0 atom stereocenters. The molecular weight excluding hydrogens is 268 g/mol. The van der Waals surface area contributed by atoms with Crippen LogP contribution in [0.25, 0.3) is 0 Å². The number of aromatic nitrogens is 1. The van der Waals surface area contributed by atoms with Crippen molar-refractivity contribution in [3.05, 3.63) is 29.6 Å². The van der Waals surface area contributed by atoms with Gasteiger partial charge in [-0.25, -0.2) is 4.98 Å². The normalized spacial score (nSPS) is 16.1. The molecule has 1 saturated carbocycles. The Labute approximate surface area is 124 Å². The first-order valence-corrected chi connectivity index (χ1v) is 7.08. The molecule has 5 nitrogen and oxygen atoms in total. The number of pyridine rings is 1. The van der Waals surface area contributed by atoms with Gasteiger partial charge in [-0.2, -0.15) is 0 Å². The fourth-order valence-electron chi connectivity index (χ4n) is 2.70. The van der Waals surface area contributed by atoms with Gasteiger partial charge in [-0.05, 0) is 25.0 Å². The van der Waals surface area contributed by atoms with E-state index < -0.39 is 5.60 Å². The van der Waals surface area contributed by atoms with E-state index in [-0.39, 0.29) is 18.2 Å². The second kappa shape index (κ2) is 6.70. The summed E-state index contributed by atoms with van der Waals surface area (Å²) in [6.07, 6.45) is 4.98. The van der Waals surface area contributed by atoms with Crippen LogP contribution in [0, 0.1) is 11.8 Å². The molecule has 0 spiro atoms. The van der Waals surface area contributed by atoms with E-state index in [1.54, 1.807) is 19.2 Å². The Morgan fingerprint density at radius 2 is 2.19 bits per heavy atom. The van der Waals surface area contributed by atoms with Gasteiger partial charge in [0, 0.05) is 19.8 Å². The van der Waals surface area contributed by atoms with Gasteiger partial charge < -0.3 is 15.1 Å². The molecule has 0 saturated heterocycles. The van der Waals surface area contributed by atoms with Gasteiger partial charge >= 0.3 is 0 Å². The van der Waals surface area contributed by atoms with Crippen LogP contribution in [-0.4, -0.2) is 51.8 Å². The second-order valence-corrected chi connectivity index (χ2v) is 5.45. The Bertz CT molecular complexity index is 568. The molecule has 5 heteroatoms. The van der Waals surface area contributed by atoms with Crippen molar-refractivity contribution in [1.82, 2.24) is 9.88 Å². The Balaban J connectivity index is 2.15. The highest BCUT2D eigenvalue weighted by atomic mass is 16.3. The quantitative estimate of drug-likeness (QED) is 0.807. The standard InChI is InChI=1S/C16H20N2O3/c1-18(12-16(21)8-2-3-9-16)15(20)14-13(7-5-11-19)6-4-10-17-14/h4,6,10,19,21H,2-3,8-9,11-12H2,1H3. The van der Waals surface area contributed by atoms with E-state index in [1.165, 1.54) is 11.1 Å². The summed E-state index contributed by atoms with van der Waals surface area (Å²) in [5.41, 5.74) is -0.0415. The molecule has 1 aromatic heterocycles. The van der Waals surface area contributed by atoms with Crippen LogP contribution in [-0.2, 0) is 0 Å². The summed E-state index contributed by atoms with van der Waals surface area (Å²) in [4.78, 5) is 18.1. The molecule has 0 aliphatic heterocycles. The van der Waals surface area contributed by atoms with Crippen LogP contribution in [0.2, 0.25) is 0 Å². The van der Waals surface area contributed by atoms with E-state index in [0.717, 1.165) is 25.7 Å². The highest BCUT2D eigenvalue weighted by Crippen LogP contribution is 2.30. The van der Waals surface area contributed by atoms with E-state index in [1.807, 2.05) is 0 Å². The zero-order valence-corrected chi connectivity index (χ0v) is 12.2. The molecule has 0 radical (unpaired) electrons. The highest BCUT2D eigenvalue weighted by Gasteiger charge is 2.34. The number of carbonyl (C=O) groups excluding carboxylic acids is 1. The number of aliphatic hydroxyl groups is 2. The molecule has 2 rings (SSSR count). The summed E-state index contributed by atoms with van der Waals surface area (Å²) in [7, 11) is 1.66. The maximum Gasteiger partial charge on any atom is 0.273 e. The average Bonchev–Trinajstić information content (AvgIpc) is 2.91. The molecular formula is C16H20N2O3. The van der Waals surface area contributed by atoms with E-state index in [9.17, 15) is 9.90 Å². The number of aliphatic hydroxyl groups excluding tert-OH is 1. The van der Waals surface area contributed by atoms with E-state index in [2.05, 4.69) is 16.8 Å². The Morgan fingerprint density at radius 3 is 2.86 bits per heavy atom. The van der Waals surface area contributed by atoms with Crippen molar-refractivity contribution in [1.29, 1.82) is 0 Å². The van der Waals surface area contributed by atoms with Crippen molar-refractivity contribution in [2.75, 3.05) is 20.2 Å². The van der Waals surface area contributed by atoms with Crippen LogP contribution in [0.15, 0.2) is 18.3 Å². The third-order valence-corrected chi connectivity index (χ3v) is 3.72. The topological polar surface area (TPSA) is 73.7 Å². The van der Waals surface area contributed by atoms with E-state index in [0.29, 0.717) is 12.1 Å². The predicted octanol–water partition coefficient (Wildman–Crippen LogP) is 0.802. The minimum Gasteiger partial charge on any atom is -0.388 e. The highest BCUT2D eigenvalue weighted by molar-refractivity contribution is 5.94. The summed E-state index contributed by atoms with van der Waals surface area (Å²) in [6, 6.07) is 3.39. The first-order chi connectivity index (χ1) is 10.1. The zero-order chi connectivity index (χ0) is 15.3. The van der Waals surface area contributed by atoms with Gasteiger partial charge in [0.25, 0.3) is 5.91 Å². The number of hydrogen-bond acceptors (Lipinski definition) is 4. The molecule has 0 unspecified atom stereocenters. The first-order valence-electron chi connectivity index (χ1n) is 7.08. The Morgan fingerprint density at radius 1 is 1.48 bits per heavy atom. The molecule has 1 aliphatic rings. The van der Waals surface area contributed by atoms with Crippen LogP contribution in [0.1, 0.15) is 41.7 Å². The molecule has 21 heavy (non-hydrogen) atoms. The van der Waals surface area contributed by atoms with E-state index in [4.69, 9.17) is 5.11 Å². The summed E-state index contributed by atoms with van der Waals surface area (Å²) in [5, 5.41) is 19.2. The molecule has 1 heterocycles. The lowest BCUT2D eigenvalue weighted by Crippen LogP contribution is -2.42. The van der Waals surface area contributed by atoms with Gasteiger partial charge in [0.05, 0.1) is 11.2 Å². The predicted molar refractivity (Wildman–Crippen MR) is 78.6 cm³/mol. The zero-order valence-electron chi connectivity index (χ0n) is 12.2. The summed E-state index contributed by atoms with van der Waals surface area (Å²) >= 11 is 0. The molecule has 1 fully saturated rings. The van der Waals surface area contributed by atoms with Crippen molar-refractivity contribution < 1.29 is 15.0 Å². The maximum absolute atomic E-state index is 12.5. The van der Waals surface area contributed by atoms with Gasteiger partial charge in [-0.15, -0.1) is 0 Å². The first kappa shape index (κ1) is 15.5. The van der Waals surface area contributed by atoms with Crippen molar-refractivity contribution in [2.24, 2.45) is 0 Å². The fraction of sp³-hybridized carbons (Fsp3) is 0.500. The lowest BCUT2D eigenvalue weighted by atomic mass is 10.0. The van der Waals surface area contributed by atoms with Gasteiger partial charge in [0.1, 0.15) is 12.3 Å². The number of hydrogen-bond donors (Lipinski definition) is 2. The molecule has 112 valence electrons. The van der Waals surface area contributed by atoms with Gasteiger partial charge in [-0.3, -0.25) is 4.79 Å². The van der Waals surface area contributed by atoms with Crippen LogP contribution >= 0.6 is 0 Å². The van der Waals surface area contributed by atoms with Gasteiger partial charge in [0.2, 0.25) is 0 Å². The summed E-state index contributed by atoms with van der Waals surface area (Å²) in [5.74, 6) is 4.99. The van der Waals surface area contributed by atoms with Gasteiger partial charge in [-0.1, -0.05) is 24.7 Å². The Kier molecular flexibility index (Phi) is 4.94. The third kappa shape index (κ3) is 3.81. The molecule has 0 bridgehead atoms. The maximum atomic E-state index is 12.5. The minimum absolute atomic E-state index is 0.252. The van der Waals surface area contributed by atoms with Crippen LogP contribution in [0.4, 0.5) is 0 Å². The van der Waals surface area contributed by atoms with Crippen LogP contribution < -0.4 is 0 Å². The summed E-state index contributed by atoms with van der Waals surface area (Å²) < 4.78 is 0. The van der Waals surface area contributed by atoms with E-state index >= 15 is 0 Å². The third-order valence-electron chi connectivity index (χ3n) is 3.72. The molecule has 2 N–H and O–H groups in total. The lowest BCUT2D eigenvalue weighted by molar-refractivity contribution is 0.0154. The number of amides is 1. The SMILES string of the molecule is CN(CC1(O)CCCC1)C(=O)c1ncccc1C#CCO. The van der Waals surface area contributed by atoms with Crippen molar-refractivity contribution in [3.8, 4) is 11.8 Å². The summed E-state index contributed by atoms with van der Waals surface area (Å²) in [6.45, 7) is 0.0351.